The summed E-state index contributed by atoms with van der Waals surface area (Å²) in [5, 5.41) is 3.31. The molecule has 2 rings (SSSR count). The van der Waals surface area contributed by atoms with Gasteiger partial charge >= 0.3 is 0 Å². The molecule has 1 N–H and O–H groups in total. The average molecular weight is 187 g/mol. The first-order valence-electron chi connectivity index (χ1n) is 4.87. The summed E-state index contributed by atoms with van der Waals surface area (Å²) < 4.78 is 0. The Bertz CT molecular complexity index is 369. The van der Waals surface area contributed by atoms with E-state index in [1.54, 1.807) is 0 Å². The van der Waals surface area contributed by atoms with Crippen LogP contribution in [0.5, 0.6) is 0 Å². The molecule has 0 saturated heterocycles. The summed E-state index contributed by atoms with van der Waals surface area (Å²) in [6, 6.07) is 6.35. The lowest BCUT2D eigenvalue weighted by Crippen LogP contribution is -1.90. The van der Waals surface area contributed by atoms with E-state index in [0.717, 1.165) is 19.3 Å². The molecule has 14 heavy (non-hydrogen) atoms. The zero-order valence-electron chi connectivity index (χ0n) is 7.99. The second kappa shape index (κ2) is 4.09. The lowest BCUT2D eigenvalue weighted by molar-refractivity contribution is -0.107. The third-order valence-electron chi connectivity index (χ3n) is 2.38. The molecule has 1 aliphatic heterocycles. The van der Waals surface area contributed by atoms with Crippen LogP contribution < -0.4 is 5.32 Å². The molecular weight excluding hydrogens is 174 g/mol. The highest BCUT2D eigenvalue weighted by Crippen LogP contribution is 2.23. The van der Waals surface area contributed by atoms with Crippen LogP contribution in [0.2, 0.25) is 0 Å². The molecule has 72 valence electrons. The maximum Gasteiger partial charge on any atom is 0.123 e. The monoisotopic (exact) mass is 187 g/mol. The number of nitrogens with one attached hydrogen (secondary N) is 1. The largest absolute Gasteiger partial charge is 0.384 e. The average Bonchev–Trinajstić information content (AvgIpc) is 2.65. The highest BCUT2D eigenvalue weighted by atomic mass is 16.1. The molecule has 2 heteroatoms. The lowest BCUT2D eigenvalue weighted by atomic mass is 10.1. The summed E-state index contributed by atoms with van der Waals surface area (Å²) in [6.45, 7) is 1.04. The summed E-state index contributed by atoms with van der Waals surface area (Å²) in [6.07, 6.45) is 6.38. The second-order valence-corrected chi connectivity index (χ2v) is 3.40. The van der Waals surface area contributed by atoms with E-state index in [4.69, 9.17) is 0 Å². The normalized spacial score (nSPS) is 14.0. The number of carbonyl (C=O) groups is 1. The molecule has 0 spiro atoms. The van der Waals surface area contributed by atoms with Crippen molar-refractivity contribution in [3.05, 3.63) is 35.4 Å². The SMILES string of the molecule is O=CCC=Cc1ccc2c(c1)CCN2. The number of rotatable bonds is 3. The van der Waals surface area contributed by atoms with Crippen molar-refractivity contribution in [1.29, 1.82) is 0 Å². The van der Waals surface area contributed by atoms with E-state index in [1.807, 2.05) is 12.2 Å². The van der Waals surface area contributed by atoms with Crippen LogP contribution in [-0.4, -0.2) is 12.8 Å². The van der Waals surface area contributed by atoms with Crippen molar-refractivity contribution in [2.45, 2.75) is 12.8 Å². The Hall–Kier alpha value is -1.57. The summed E-state index contributed by atoms with van der Waals surface area (Å²) in [7, 11) is 0. The standard InChI is InChI=1S/C12H13NO/c14-8-2-1-3-10-4-5-12-11(9-10)6-7-13-12/h1,3-5,8-9,13H,2,6-7H2. The van der Waals surface area contributed by atoms with Crippen molar-refractivity contribution in [2.24, 2.45) is 0 Å². The first-order chi connectivity index (χ1) is 6.90. The molecule has 1 heterocycles. The van der Waals surface area contributed by atoms with Gasteiger partial charge in [0.1, 0.15) is 6.29 Å². The van der Waals surface area contributed by atoms with Crippen LogP contribution >= 0.6 is 0 Å². The molecule has 0 saturated carbocycles. The van der Waals surface area contributed by atoms with Gasteiger partial charge in [0.2, 0.25) is 0 Å². The minimum absolute atomic E-state index is 0.495. The number of benzene rings is 1. The van der Waals surface area contributed by atoms with Crippen LogP contribution in [0.25, 0.3) is 6.08 Å². The van der Waals surface area contributed by atoms with Crippen LogP contribution in [-0.2, 0) is 11.2 Å². The molecule has 0 fully saturated rings. The Morgan fingerprint density at radius 1 is 1.43 bits per heavy atom. The molecule has 0 atom stereocenters. The fourth-order valence-electron chi connectivity index (χ4n) is 1.69. The number of anilines is 1. The van der Waals surface area contributed by atoms with E-state index in [9.17, 15) is 4.79 Å². The second-order valence-electron chi connectivity index (χ2n) is 3.40. The Kier molecular flexibility index (Phi) is 2.63. The molecule has 0 radical (unpaired) electrons. The van der Waals surface area contributed by atoms with Crippen LogP contribution in [0.15, 0.2) is 24.3 Å². The van der Waals surface area contributed by atoms with Crippen molar-refractivity contribution in [2.75, 3.05) is 11.9 Å². The Balaban J connectivity index is 2.16. The first-order valence-corrected chi connectivity index (χ1v) is 4.87. The number of hydrogen-bond acceptors (Lipinski definition) is 2. The highest BCUT2D eigenvalue weighted by molar-refractivity contribution is 5.63. The number of carbonyl (C=O) groups excluding carboxylic acids is 1. The van der Waals surface area contributed by atoms with E-state index < -0.39 is 0 Å². The van der Waals surface area contributed by atoms with Gasteiger partial charge in [0.25, 0.3) is 0 Å². The van der Waals surface area contributed by atoms with Gasteiger partial charge in [-0.1, -0.05) is 18.2 Å². The van der Waals surface area contributed by atoms with Gasteiger partial charge in [-0.2, -0.15) is 0 Å². The third kappa shape index (κ3) is 1.84. The van der Waals surface area contributed by atoms with E-state index in [2.05, 4.69) is 23.5 Å². The van der Waals surface area contributed by atoms with E-state index in [0.29, 0.717) is 6.42 Å². The van der Waals surface area contributed by atoms with Gasteiger partial charge in [0.15, 0.2) is 0 Å². The zero-order valence-corrected chi connectivity index (χ0v) is 7.99. The van der Waals surface area contributed by atoms with Gasteiger partial charge in [-0.25, -0.2) is 0 Å². The number of fused-ring (bicyclic) bond motifs is 1. The highest BCUT2D eigenvalue weighted by Gasteiger charge is 2.08. The Morgan fingerprint density at radius 2 is 2.36 bits per heavy atom. The summed E-state index contributed by atoms with van der Waals surface area (Å²) in [4.78, 5) is 10.1. The predicted octanol–water partition coefficient (Wildman–Crippen LogP) is 2.26. The molecule has 0 aliphatic carbocycles. The summed E-state index contributed by atoms with van der Waals surface area (Å²) in [5.41, 5.74) is 3.80. The zero-order chi connectivity index (χ0) is 9.80. The molecule has 0 unspecified atom stereocenters. The quantitative estimate of drug-likeness (QED) is 0.735. The van der Waals surface area contributed by atoms with Crippen LogP contribution in [0.3, 0.4) is 0 Å². The number of allylic oxidation sites excluding steroid dienone is 1. The van der Waals surface area contributed by atoms with Crippen molar-refractivity contribution < 1.29 is 4.79 Å². The summed E-state index contributed by atoms with van der Waals surface area (Å²) in [5.74, 6) is 0. The van der Waals surface area contributed by atoms with Gasteiger partial charge in [-0.3, -0.25) is 0 Å². The van der Waals surface area contributed by atoms with Crippen molar-refractivity contribution in [1.82, 2.24) is 0 Å². The van der Waals surface area contributed by atoms with Crippen molar-refractivity contribution in [3.63, 3.8) is 0 Å². The van der Waals surface area contributed by atoms with E-state index >= 15 is 0 Å². The fraction of sp³-hybridized carbons (Fsp3) is 0.250. The number of aldehydes is 1. The maximum atomic E-state index is 10.1. The third-order valence-corrected chi connectivity index (χ3v) is 2.38. The van der Waals surface area contributed by atoms with Gasteiger partial charge < -0.3 is 10.1 Å². The molecule has 0 amide bonds. The molecule has 1 aromatic carbocycles. The first kappa shape index (κ1) is 9.00. The van der Waals surface area contributed by atoms with Crippen molar-refractivity contribution >= 4 is 18.0 Å². The van der Waals surface area contributed by atoms with Crippen LogP contribution in [0.1, 0.15) is 17.5 Å². The van der Waals surface area contributed by atoms with E-state index in [-0.39, 0.29) is 0 Å². The maximum absolute atomic E-state index is 10.1. The Labute approximate surface area is 83.6 Å². The van der Waals surface area contributed by atoms with E-state index in [1.165, 1.54) is 16.8 Å². The number of hydrogen-bond donors (Lipinski definition) is 1. The predicted molar refractivity (Wildman–Crippen MR) is 58.4 cm³/mol. The molecule has 0 bridgehead atoms. The van der Waals surface area contributed by atoms with Gasteiger partial charge in [0, 0.05) is 18.7 Å². The summed E-state index contributed by atoms with van der Waals surface area (Å²) >= 11 is 0. The van der Waals surface area contributed by atoms with Gasteiger partial charge in [-0.15, -0.1) is 0 Å². The van der Waals surface area contributed by atoms with Crippen LogP contribution in [0, 0.1) is 0 Å². The molecule has 1 aromatic rings. The van der Waals surface area contributed by atoms with Crippen LogP contribution in [0.4, 0.5) is 5.69 Å². The van der Waals surface area contributed by atoms with Gasteiger partial charge in [-0.05, 0) is 29.7 Å². The molecular formula is C12H13NO. The Morgan fingerprint density at radius 3 is 3.21 bits per heavy atom. The van der Waals surface area contributed by atoms with Crippen molar-refractivity contribution in [3.8, 4) is 0 Å². The molecule has 1 aliphatic rings. The van der Waals surface area contributed by atoms with Gasteiger partial charge in [0.05, 0.1) is 0 Å². The smallest absolute Gasteiger partial charge is 0.123 e. The minimum Gasteiger partial charge on any atom is -0.384 e. The lowest BCUT2D eigenvalue weighted by Gasteiger charge is -2.00. The molecule has 2 nitrogen and oxygen atoms in total. The molecule has 0 aromatic heterocycles. The fourth-order valence-corrected chi connectivity index (χ4v) is 1.69. The topological polar surface area (TPSA) is 29.1 Å². The minimum atomic E-state index is 0.495.